The fourth-order valence-electron chi connectivity index (χ4n) is 3.08. The minimum Gasteiger partial charge on any atom is -0.356 e. The molecule has 1 heterocycles. The monoisotopic (exact) mass is 395 g/mol. The predicted octanol–water partition coefficient (Wildman–Crippen LogP) is 2.38. The van der Waals surface area contributed by atoms with Gasteiger partial charge in [-0.05, 0) is 37.8 Å². The molecule has 1 aromatic carbocycles. The Labute approximate surface area is 163 Å². The van der Waals surface area contributed by atoms with E-state index in [-0.39, 0.29) is 30.3 Å². The topological polar surface area (TPSA) is 78.5 Å². The zero-order valence-electron chi connectivity index (χ0n) is 15.9. The Kier molecular flexibility index (Phi) is 8.84. The second kappa shape index (κ2) is 11.4. The number of carbonyl (C=O) groups excluding carboxylic acids is 3. The number of hydrogen-bond acceptors (Lipinski definition) is 3. The summed E-state index contributed by atoms with van der Waals surface area (Å²) in [7, 11) is 0. The normalized spacial score (nSPS) is 14.5. The molecule has 1 aliphatic heterocycles. The van der Waals surface area contributed by atoms with Crippen LogP contribution in [0.4, 0.5) is 8.78 Å². The number of rotatable bonds is 9. The summed E-state index contributed by atoms with van der Waals surface area (Å²) in [5, 5.41) is 5.31. The highest BCUT2D eigenvalue weighted by atomic mass is 19.1. The lowest BCUT2D eigenvalue weighted by molar-refractivity contribution is -0.130. The summed E-state index contributed by atoms with van der Waals surface area (Å²) >= 11 is 0. The molecular formula is C20H27F2N3O3. The van der Waals surface area contributed by atoms with Crippen molar-refractivity contribution >= 4 is 17.7 Å². The van der Waals surface area contributed by atoms with Crippen LogP contribution in [0.1, 0.15) is 55.3 Å². The van der Waals surface area contributed by atoms with E-state index in [1.165, 1.54) is 0 Å². The molecule has 0 atom stereocenters. The van der Waals surface area contributed by atoms with Crippen LogP contribution in [0, 0.1) is 11.6 Å². The van der Waals surface area contributed by atoms with E-state index < -0.39 is 17.5 Å². The van der Waals surface area contributed by atoms with Crippen LogP contribution in [0.15, 0.2) is 18.2 Å². The minimum atomic E-state index is -0.918. The molecule has 1 aliphatic rings. The van der Waals surface area contributed by atoms with E-state index in [1.54, 1.807) is 0 Å². The molecule has 1 aromatic rings. The second-order valence-electron chi connectivity index (χ2n) is 6.88. The first-order chi connectivity index (χ1) is 13.5. The zero-order valence-corrected chi connectivity index (χ0v) is 15.9. The van der Waals surface area contributed by atoms with Crippen molar-refractivity contribution in [1.29, 1.82) is 0 Å². The van der Waals surface area contributed by atoms with Gasteiger partial charge >= 0.3 is 0 Å². The standard InChI is InChI=1S/C20H27F2N3O3/c21-15-8-9-16(17(22)14-15)20(28)24-10-4-6-18(26)23-11-5-13-25-12-3-1-2-7-19(25)27/h8-9,14H,1-7,10-13H2,(H,23,26)(H,24,28). The molecule has 0 spiro atoms. The number of halogens is 2. The number of benzene rings is 1. The first-order valence-corrected chi connectivity index (χ1v) is 9.75. The van der Waals surface area contributed by atoms with E-state index in [4.69, 9.17) is 0 Å². The fraction of sp³-hybridized carbons (Fsp3) is 0.550. The highest BCUT2D eigenvalue weighted by Gasteiger charge is 2.16. The summed E-state index contributed by atoms with van der Waals surface area (Å²) in [4.78, 5) is 37.4. The Hall–Kier alpha value is -2.51. The molecule has 154 valence electrons. The van der Waals surface area contributed by atoms with Gasteiger partial charge in [-0.3, -0.25) is 14.4 Å². The van der Waals surface area contributed by atoms with Gasteiger partial charge in [0.1, 0.15) is 11.6 Å². The fourth-order valence-corrected chi connectivity index (χ4v) is 3.08. The van der Waals surface area contributed by atoms with E-state index in [1.807, 2.05) is 4.90 Å². The van der Waals surface area contributed by atoms with Crippen LogP contribution in [-0.4, -0.2) is 48.8 Å². The van der Waals surface area contributed by atoms with Gasteiger partial charge in [0.25, 0.3) is 5.91 Å². The predicted molar refractivity (Wildman–Crippen MR) is 101 cm³/mol. The van der Waals surface area contributed by atoms with Crippen molar-refractivity contribution in [2.45, 2.75) is 44.9 Å². The number of carbonyl (C=O) groups is 3. The van der Waals surface area contributed by atoms with Crippen LogP contribution in [-0.2, 0) is 9.59 Å². The highest BCUT2D eigenvalue weighted by Crippen LogP contribution is 2.11. The Morgan fingerprint density at radius 2 is 1.82 bits per heavy atom. The molecule has 1 saturated heterocycles. The summed E-state index contributed by atoms with van der Waals surface area (Å²) in [6.07, 6.45) is 5.03. The van der Waals surface area contributed by atoms with E-state index >= 15 is 0 Å². The lowest BCUT2D eigenvalue weighted by Crippen LogP contribution is -2.34. The molecular weight excluding hydrogens is 368 g/mol. The molecule has 2 N–H and O–H groups in total. The van der Waals surface area contributed by atoms with Crippen molar-refractivity contribution in [3.05, 3.63) is 35.4 Å². The molecule has 0 unspecified atom stereocenters. The Balaban J connectivity index is 1.56. The van der Waals surface area contributed by atoms with E-state index in [0.29, 0.717) is 38.4 Å². The van der Waals surface area contributed by atoms with Crippen molar-refractivity contribution in [3.63, 3.8) is 0 Å². The number of likely N-dealkylation sites (tertiary alicyclic amines) is 1. The van der Waals surface area contributed by atoms with Crippen molar-refractivity contribution < 1.29 is 23.2 Å². The van der Waals surface area contributed by atoms with Gasteiger partial charge in [-0.2, -0.15) is 0 Å². The van der Waals surface area contributed by atoms with Gasteiger partial charge in [0, 0.05) is 45.1 Å². The Morgan fingerprint density at radius 1 is 1.04 bits per heavy atom. The van der Waals surface area contributed by atoms with Crippen molar-refractivity contribution in [2.75, 3.05) is 26.2 Å². The maximum absolute atomic E-state index is 13.5. The Bertz CT molecular complexity index is 697. The minimum absolute atomic E-state index is 0.135. The molecule has 0 aliphatic carbocycles. The summed E-state index contributed by atoms with van der Waals surface area (Å²) in [5.74, 6) is -2.24. The molecule has 8 heteroatoms. The third-order valence-corrected chi connectivity index (χ3v) is 4.64. The largest absolute Gasteiger partial charge is 0.356 e. The van der Waals surface area contributed by atoms with Crippen LogP contribution in [0.2, 0.25) is 0 Å². The average molecular weight is 395 g/mol. The first kappa shape index (κ1) is 21.8. The average Bonchev–Trinajstić information content (AvgIpc) is 2.86. The van der Waals surface area contributed by atoms with Gasteiger partial charge in [0.05, 0.1) is 5.56 Å². The Morgan fingerprint density at radius 3 is 2.61 bits per heavy atom. The number of amides is 3. The van der Waals surface area contributed by atoms with E-state index in [0.717, 1.165) is 37.9 Å². The number of nitrogens with zero attached hydrogens (tertiary/aromatic N) is 1. The molecule has 0 radical (unpaired) electrons. The second-order valence-corrected chi connectivity index (χ2v) is 6.88. The summed E-state index contributed by atoms with van der Waals surface area (Å²) in [6.45, 7) is 2.15. The van der Waals surface area contributed by atoms with Crippen LogP contribution < -0.4 is 10.6 Å². The molecule has 2 rings (SSSR count). The highest BCUT2D eigenvalue weighted by molar-refractivity contribution is 5.94. The third kappa shape index (κ3) is 7.25. The number of nitrogens with one attached hydrogen (secondary N) is 2. The lowest BCUT2D eigenvalue weighted by atomic mass is 10.2. The van der Waals surface area contributed by atoms with Crippen LogP contribution in [0.3, 0.4) is 0 Å². The lowest BCUT2D eigenvalue weighted by Gasteiger charge is -2.20. The summed E-state index contributed by atoms with van der Waals surface area (Å²) in [5.41, 5.74) is -0.228. The smallest absolute Gasteiger partial charge is 0.254 e. The van der Waals surface area contributed by atoms with Gasteiger partial charge in [0.15, 0.2) is 0 Å². The first-order valence-electron chi connectivity index (χ1n) is 9.75. The van der Waals surface area contributed by atoms with Crippen LogP contribution in [0.5, 0.6) is 0 Å². The van der Waals surface area contributed by atoms with Crippen LogP contribution in [0.25, 0.3) is 0 Å². The molecule has 0 aromatic heterocycles. The quantitative estimate of drug-likeness (QED) is 0.630. The molecule has 0 saturated carbocycles. The zero-order chi connectivity index (χ0) is 20.4. The molecule has 1 fully saturated rings. The van der Waals surface area contributed by atoms with Gasteiger partial charge in [0.2, 0.25) is 11.8 Å². The molecule has 3 amide bonds. The molecule has 6 nitrogen and oxygen atoms in total. The van der Waals surface area contributed by atoms with Gasteiger partial charge in [-0.1, -0.05) is 6.42 Å². The van der Waals surface area contributed by atoms with Crippen molar-refractivity contribution in [2.24, 2.45) is 0 Å². The van der Waals surface area contributed by atoms with Gasteiger partial charge in [-0.25, -0.2) is 8.78 Å². The van der Waals surface area contributed by atoms with Crippen molar-refractivity contribution in [1.82, 2.24) is 15.5 Å². The molecule has 28 heavy (non-hydrogen) atoms. The van der Waals surface area contributed by atoms with Crippen LogP contribution >= 0.6 is 0 Å². The van der Waals surface area contributed by atoms with Gasteiger partial charge in [-0.15, -0.1) is 0 Å². The summed E-state index contributed by atoms with van der Waals surface area (Å²) in [6, 6.07) is 2.76. The molecule has 0 bridgehead atoms. The SMILES string of the molecule is O=C(CCCNC(=O)c1ccc(F)cc1F)NCCCN1CCCCCC1=O. The maximum atomic E-state index is 13.5. The van der Waals surface area contributed by atoms with E-state index in [9.17, 15) is 23.2 Å². The van der Waals surface area contributed by atoms with Crippen molar-refractivity contribution in [3.8, 4) is 0 Å². The number of hydrogen-bond donors (Lipinski definition) is 2. The maximum Gasteiger partial charge on any atom is 0.254 e. The summed E-state index contributed by atoms with van der Waals surface area (Å²) < 4.78 is 26.3. The third-order valence-electron chi connectivity index (χ3n) is 4.64. The van der Waals surface area contributed by atoms with E-state index in [2.05, 4.69) is 10.6 Å². The van der Waals surface area contributed by atoms with Gasteiger partial charge < -0.3 is 15.5 Å².